The van der Waals surface area contributed by atoms with Crippen LogP contribution in [0, 0.1) is 0 Å². The number of fused-ring (bicyclic) bond motifs is 1. The highest BCUT2D eigenvalue weighted by atomic mass is 32.1. The molecule has 200 valence electrons. The van der Waals surface area contributed by atoms with Gasteiger partial charge in [-0.3, -0.25) is 14.5 Å². The predicted molar refractivity (Wildman–Crippen MR) is 155 cm³/mol. The Balaban J connectivity index is 1.43. The zero-order valence-electron chi connectivity index (χ0n) is 22.4. The minimum Gasteiger partial charge on any atom is -0.384 e. The molecule has 0 radical (unpaired) electrons. The highest BCUT2D eigenvalue weighted by Crippen LogP contribution is 2.30. The highest BCUT2D eigenvalue weighted by molar-refractivity contribution is 7.19. The molecule has 1 aliphatic rings. The summed E-state index contributed by atoms with van der Waals surface area (Å²) in [5, 5.41) is 7.48. The van der Waals surface area contributed by atoms with Crippen molar-refractivity contribution in [3.63, 3.8) is 0 Å². The van der Waals surface area contributed by atoms with Gasteiger partial charge in [0.2, 0.25) is 5.91 Å². The van der Waals surface area contributed by atoms with Gasteiger partial charge in [0.25, 0.3) is 5.91 Å². The first-order valence-corrected chi connectivity index (χ1v) is 14.1. The standard InChI is InChI=1S/C30H37N5O2S/c1-4-20(3)28(32-15-9-12-21-10-7-6-8-11-21)30(37)35-23(5-2)13-14-25(35)29(36)34-19-24-16-22-18-33-27(31)17-26(22)38-24/h5-8,10-11,16-18,25,32H,4,9,12-15,19H2,1-3H3,(H2,31,33)(H,34,36)/b23-5-,28-20?. The van der Waals surface area contributed by atoms with Crippen LogP contribution < -0.4 is 16.4 Å². The molecule has 3 aromatic rings. The van der Waals surface area contributed by atoms with Crippen LogP contribution in [0.1, 0.15) is 56.9 Å². The number of benzene rings is 1. The number of nitrogens with zero attached hydrogens (tertiary/aromatic N) is 2. The van der Waals surface area contributed by atoms with Gasteiger partial charge >= 0.3 is 0 Å². The molecule has 4 N–H and O–H groups in total. The second-order valence-corrected chi connectivity index (χ2v) is 10.8. The van der Waals surface area contributed by atoms with Crippen LogP contribution in [0.25, 0.3) is 10.1 Å². The van der Waals surface area contributed by atoms with E-state index in [1.807, 2.05) is 57.2 Å². The fourth-order valence-electron chi connectivity index (χ4n) is 4.78. The number of rotatable bonds is 10. The lowest BCUT2D eigenvalue weighted by molar-refractivity contribution is -0.134. The Bertz CT molecular complexity index is 1350. The van der Waals surface area contributed by atoms with Gasteiger partial charge in [0.15, 0.2) is 0 Å². The minimum atomic E-state index is -0.536. The number of nitrogens with one attached hydrogen (secondary N) is 2. The Morgan fingerprint density at radius 1 is 1.21 bits per heavy atom. The van der Waals surface area contributed by atoms with Crippen molar-refractivity contribution in [3.05, 3.63) is 82.1 Å². The summed E-state index contributed by atoms with van der Waals surface area (Å²) in [5.41, 5.74) is 9.58. The van der Waals surface area contributed by atoms with E-state index in [4.69, 9.17) is 5.73 Å². The third kappa shape index (κ3) is 6.42. The Hall–Kier alpha value is -3.65. The molecule has 1 aromatic carbocycles. The summed E-state index contributed by atoms with van der Waals surface area (Å²) < 4.78 is 1.04. The number of aryl methyl sites for hydroxylation is 1. The van der Waals surface area contributed by atoms with E-state index in [1.165, 1.54) is 5.56 Å². The fraction of sp³-hybridized carbons (Fsp3) is 0.367. The van der Waals surface area contributed by atoms with Gasteiger partial charge in [-0.15, -0.1) is 11.3 Å². The predicted octanol–water partition coefficient (Wildman–Crippen LogP) is 5.30. The summed E-state index contributed by atoms with van der Waals surface area (Å²) in [5.74, 6) is 0.218. The largest absolute Gasteiger partial charge is 0.384 e. The lowest BCUT2D eigenvalue weighted by atomic mass is 10.1. The lowest BCUT2D eigenvalue weighted by Crippen LogP contribution is -2.47. The molecule has 0 spiro atoms. The third-order valence-electron chi connectivity index (χ3n) is 7.02. The van der Waals surface area contributed by atoms with Crippen LogP contribution in [0.3, 0.4) is 0 Å². The lowest BCUT2D eigenvalue weighted by Gasteiger charge is -2.27. The van der Waals surface area contributed by atoms with Crippen LogP contribution in [-0.4, -0.2) is 34.3 Å². The summed E-state index contributed by atoms with van der Waals surface area (Å²) >= 11 is 1.59. The molecular formula is C30H37N5O2S. The Kier molecular flexibility index (Phi) is 9.18. The summed E-state index contributed by atoms with van der Waals surface area (Å²) in [4.78, 5) is 34.1. The third-order valence-corrected chi connectivity index (χ3v) is 8.12. The van der Waals surface area contributed by atoms with Crippen LogP contribution in [0.5, 0.6) is 0 Å². The van der Waals surface area contributed by atoms with E-state index in [1.54, 1.807) is 22.4 Å². The number of aromatic nitrogens is 1. The number of hydrogen-bond donors (Lipinski definition) is 3. The molecule has 1 fully saturated rings. The van der Waals surface area contributed by atoms with Gasteiger partial charge in [0.05, 0.1) is 12.2 Å². The van der Waals surface area contributed by atoms with E-state index in [9.17, 15) is 9.59 Å². The van der Waals surface area contributed by atoms with Crippen molar-refractivity contribution in [1.82, 2.24) is 20.5 Å². The maximum Gasteiger partial charge on any atom is 0.274 e. The van der Waals surface area contributed by atoms with Gasteiger partial charge < -0.3 is 16.4 Å². The zero-order valence-corrected chi connectivity index (χ0v) is 23.2. The summed E-state index contributed by atoms with van der Waals surface area (Å²) in [7, 11) is 0. The number of nitrogen functional groups attached to an aromatic ring is 1. The van der Waals surface area contributed by atoms with E-state index in [-0.39, 0.29) is 11.8 Å². The number of nitrogens with two attached hydrogens (primary N) is 1. The second-order valence-electron chi connectivity index (χ2n) is 9.61. The van der Waals surface area contributed by atoms with Crippen molar-refractivity contribution in [2.45, 2.75) is 65.5 Å². The number of likely N-dealkylation sites (tertiary alicyclic amines) is 1. The van der Waals surface area contributed by atoms with Crippen LogP contribution in [0.4, 0.5) is 5.82 Å². The monoisotopic (exact) mass is 531 g/mol. The van der Waals surface area contributed by atoms with Crippen LogP contribution in [0.15, 0.2) is 71.7 Å². The minimum absolute atomic E-state index is 0.127. The molecule has 2 aromatic heterocycles. The van der Waals surface area contributed by atoms with Gasteiger partial charge in [-0.25, -0.2) is 4.98 Å². The van der Waals surface area contributed by atoms with Gasteiger partial charge in [-0.2, -0.15) is 0 Å². The molecule has 0 aliphatic carbocycles. The first-order valence-electron chi connectivity index (χ1n) is 13.3. The topological polar surface area (TPSA) is 100 Å². The van der Waals surface area contributed by atoms with E-state index in [2.05, 4.69) is 27.8 Å². The number of carbonyl (C=O) groups excluding carboxylic acids is 2. The number of anilines is 1. The molecule has 3 heterocycles. The smallest absolute Gasteiger partial charge is 0.274 e. The Morgan fingerprint density at radius 2 is 2.00 bits per heavy atom. The molecule has 1 saturated heterocycles. The van der Waals surface area contributed by atoms with E-state index in [0.717, 1.165) is 45.5 Å². The summed E-state index contributed by atoms with van der Waals surface area (Å²) in [6.07, 6.45) is 7.61. The Morgan fingerprint density at radius 3 is 2.74 bits per heavy atom. The van der Waals surface area contributed by atoms with Gasteiger partial charge in [-0.1, -0.05) is 43.3 Å². The number of pyridine rings is 1. The first-order chi connectivity index (χ1) is 18.4. The molecule has 8 heteroatoms. The molecule has 4 rings (SSSR count). The normalized spacial score (nSPS) is 17.1. The fourth-order valence-corrected chi connectivity index (χ4v) is 5.80. The molecule has 38 heavy (non-hydrogen) atoms. The SMILES string of the molecule is C/C=C1/CCC(C(=O)NCc2cc3cnc(N)cc3s2)N1C(=O)C(NCCCc1ccccc1)=C(C)CC. The molecule has 7 nitrogen and oxygen atoms in total. The average molecular weight is 532 g/mol. The molecular weight excluding hydrogens is 494 g/mol. The molecule has 0 saturated carbocycles. The molecule has 2 amide bonds. The Labute approximate surface area is 228 Å². The number of amides is 2. The molecule has 1 unspecified atom stereocenters. The van der Waals surface area contributed by atoms with Crippen molar-refractivity contribution >= 4 is 39.1 Å². The second kappa shape index (κ2) is 12.7. The van der Waals surface area contributed by atoms with Crippen molar-refractivity contribution in [2.24, 2.45) is 0 Å². The van der Waals surface area contributed by atoms with Crippen molar-refractivity contribution in [1.29, 1.82) is 0 Å². The number of allylic oxidation sites excluding steroid dienone is 3. The van der Waals surface area contributed by atoms with E-state index >= 15 is 0 Å². The quantitative estimate of drug-likeness (QED) is 0.244. The van der Waals surface area contributed by atoms with Crippen LogP contribution >= 0.6 is 11.3 Å². The van der Waals surface area contributed by atoms with Crippen molar-refractivity contribution in [3.8, 4) is 0 Å². The van der Waals surface area contributed by atoms with Crippen molar-refractivity contribution < 1.29 is 9.59 Å². The molecule has 1 aliphatic heterocycles. The van der Waals surface area contributed by atoms with Gasteiger partial charge in [-0.05, 0) is 69.2 Å². The number of carbonyl (C=O) groups is 2. The van der Waals surface area contributed by atoms with Crippen LogP contribution in [0.2, 0.25) is 0 Å². The molecule has 0 bridgehead atoms. The summed E-state index contributed by atoms with van der Waals surface area (Å²) in [6.45, 7) is 7.05. The highest BCUT2D eigenvalue weighted by Gasteiger charge is 2.38. The van der Waals surface area contributed by atoms with E-state index < -0.39 is 6.04 Å². The number of thiophene rings is 1. The molecule has 1 atom stereocenters. The summed E-state index contributed by atoms with van der Waals surface area (Å²) in [6, 6.07) is 13.7. The van der Waals surface area contributed by atoms with Crippen LogP contribution in [-0.2, 0) is 22.6 Å². The maximum absolute atomic E-state index is 13.9. The van der Waals surface area contributed by atoms with Crippen molar-refractivity contribution in [2.75, 3.05) is 12.3 Å². The van der Waals surface area contributed by atoms with Gasteiger partial charge in [0, 0.05) is 33.4 Å². The van der Waals surface area contributed by atoms with E-state index in [0.29, 0.717) is 37.4 Å². The average Bonchev–Trinajstić information content (AvgIpc) is 3.55. The number of hydrogen-bond acceptors (Lipinski definition) is 6. The first kappa shape index (κ1) is 27.4. The zero-order chi connectivity index (χ0) is 27.1. The van der Waals surface area contributed by atoms with Gasteiger partial charge in [0.1, 0.15) is 11.9 Å². The maximum atomic E-state index is 13.9.